The van der Waals surface area contributed by atoms with Crippen LogP contribution in [0.3, 0.4) is 0 Å². The third-order valence-corrected chi connectivity index (χ3v) is 5.01. The topological polar surface area (TPSA) is 12.0 Å². The second kappa shape index (κ2) is 8.58. The van der Waals surface area contributed by atoms with Crippen LogP contribution < -0.4 is 5.32 Å². The van der Waals surface area contributed by atoms with Gasteiger partial charge in [0, 0.05) is 12.1 Å². The molecule has 1 unspecified atom stereocenters. The van der Waals surface area contributed by atoms with Gasteiger partial charge in [-0.3, -0.25) is 0 Å². The SMILES string of the molecule is CCCC1CCC(NC(C)CCc2cccc(C)c2)CC1. The maximum atomic E-state index is 3.87. The van der Waals surface area contributed by atoms with Crippen molar-refractivity contribution in [3.8, 4) is 0 Å². The first-order chi connectivity index (χ1) is 10.2. The Balaban J connectivity index is 1.67. The van der Waals surface area contributed by atoms with Gasteiger partial charge < -0.3 is 5.32 Å². The molecule has 1 aromatic carbocycles. The molecule has 0 heterocycles. The van der Waals surface area contributed by atoms with E-state index in [1.54, 1.807) is 0 Å². The van der Waals surface area contributed by atoms with E-state index >= 15 is 0 Å². The van der Waals surface area contributed by atoms with Crippen LogP contribution in [0.5, 0.6) is 0 Å². The van der Waals surface area contributed by atoms with Crippen LogP contribution in [0, 0.1) is 12.8 Å². The van der Waals surface area contributed by atoms with E-state index in [0.717, 1.165) is 12.0 Å². The summed E-state index contributed by atoms with van der Waals surface area (Å²) in [5.41, 5.74) is 2.86. The molecule has 0 saturated heterocycles. The summed E-state index contributed by atoms with van der Waals surface area (Å²) in [5, 5.41) is 3.87. The number of hydrogen-bond donors (Lipinski definition) is 1. The smallest absolute Gasteiger partial charge is 0.00697 e. The van der Waals surface area contributed by atoms with Crippen LogP contribution in [0.1, 0.15) is 69.9 Å². The Kier molecular flexibility index (Phi) is 6.76. The van der Waals surface area contributed by atoms with Gasteiger partial charge in [-0.15, -0.1) is 0 Å². The Morgan fingerprint density at radius 2 is 1.95 bits per heavy atom. The lowest BCUT2D eigenvalue weighted by atomic mass is 9.83. The Hall–Kier alpha value is -0.820. The van der Waals surface area contributed by atoms with Crippen molar-refractivity contribution in [1.29, 1.82) is 0 Å². The molecule has 1 atom stereocenters. The summed E-state index contributed by atoms with van der Waals surface area (Å²) in [5.74, 6) is 1.01. The fraction of sp³-hybridized carbons (Fsp3) is 0.700. The van der Waals surface area contributed by atoms with Crippen molar-refractivity contribution in [1.82, 2.24) is 5.32 Å². The van der Waals surface area contributed by atoms with E-state index in [2.05, 4.69) is 50.4 Å². The van der Waals surface area contributed by atoms with Crippen molar-refractivity contribution in [2.24, 2.45) is 5.92 Å². The van der Waals surface area contributed by atoms with Crippen LogP contribution in [-0.4, -0.2) is 12.1 Å². The van der Waals surface area contributed by atoms with Crippen molar-refractivity contribution in [2.75, 3.05) is 0 Å². The summed E-state index contributed by atoms with van der Waals surface area (Å²) >= 11 is 0. The molecule has 0 bridgehead atoms. The summed E-state index contributed by atoms with van der Waals surface area (Å²) in [4.78, 5) is 0. The first kappa shape index (κ1) is 16.5. The van der Waals surface area contributed by atoms with Crippen molar-refractivity contribution in [3.63, 3.8) is 0 Å². The standard InChI is InChI=1S/C20H33N/c1-4-6-18-11-13-20(14-12-18)21-17(3)9-10-19-8-5-7-16(2)15-19/h5,7-8,15,17-18,20-21H,4,6,9-14H2,1-3H3. The van der Waals surface area contributed by atoms with Crippen molar-refractivity contribution in [3.05, 3.63) is 35.4 Å². The minimum Gasteiger partial charge on any atom is -0.311 e. The quantitative estimate of drug-likeness (QED) is 0.721. The van der Waals surface area contributed by atoms with Gasteiger partial charge in [0.2, 0.25) is 0 Å². The molecule has 1 aliphatic carbocycles. The van der Waals surface area contributed by atoms with Gasteiger partial charge in [-0.2, -0.15) is 0 Å². The number of nitrogens with one attached hydrogen (secondary N) is 1. The van der Waals surface area contributed by atoms with E-state index in [-0.39, 0.29) is 0 Å². The lowest BCUT2D eigenvalue weighted by Gasteiger charge is -2.31. The largest absolute Gasteiger partial charge is 0.311 e. The average molecular weight is 287 g/mol. The second-order valence-corrected chi connectivity index (χ2v) is 7.10. The van der Waals surface area contributed by atoms with Gasteiger partial charge >= 0.3 is 0 Å². The van der Waals surface area contributed by atoms with E-state index in [1.807, 2.05) is 0 Å². The number of rotatable bonds is 7. The van der Waals surface area contributed by atoms with Gasteiger partial charge in [-0.1, -0.05) is 49.6 Å². The number of hydrogen-bond acceptors (Lipinski definition) is 1. The Labute approximate surface area is 131 Å². The van der Waals surface area contributed by atoms with Crippen LogP contribution in [0.4, 0.5) is 0 Å². The van der Waals surface area contributed by atoms with Crippen LogP contribution in [0.25, 0.3) is 0 Å². The van der Waals surface area contributed by atoms with Crippen molar-refractivity contribution in [2.45, 2.75) is 84.2 Å². The highest BCUT2D eigenvalue weighted by atomic mass is 14.9. The second-order valence-electron chi connectivity index (χ2n) is 7.10. The average Bonchev–Trinajstić information content (AvgIpc) is 2.48. The minimum absolute atomic E-state index is 0.637. The summed E-state index contributed by atoms with van der Waals surface area (Å²) in [6.45, 7) is 6.85. The third kappa shape index (κ3) is 5.82. The summed E-state index contributed by atoms with van der Waals surface area (Å²) in [6, 6.07) is 10.3. The molecule has 1 heteroatoms. The minimum atomic E-state index is 0.637. The van der Waals surface area contributed by atoms with E-state index in [0.29, 0.717) is 6.04 Å². The summed E-state index contributed by atoms with van der Waals surface area (Å²) < 4.78 is 0. The molecule has 0 amide bonds. The zero-order chi connectivity index (χ0) is 15.1. The Bertz CT molecular complexity index is 404. The summed E-state index contributed by atoms with van der Waals surface area (Å²) in [6.07, 6.45) is 10.9. The predicted molar refractivity (Wildman–Crippen MR) is 92.8 cm³/mol. The molecule has 1 aliphatic rings. The molecule has 1 N–H and O–H groups in total. The molecule has 0 radical (unpaired) electrons. The zero-order valence-corrected chi connectivity index (χ0v) is 14.2. The van der Waals surface area contributed by atoms with Gasteiger partial charge in [0.25, 0.3) is 0 Å². The van der Waals surface area contributed by atoms with Gasteiger partial charge in [0.1, 0.15) is 0 Å². The van der Waals surface area contributed by atoms with E-state index in [4.69, 9.17) is 0 Å². The molecule has 1 nitrogen and oxygen atoms in total. The highest BCUT2D eigenvalue weighted by Crippen LogP contribution is 2.28. The molecule has 21 heavy (non-hydrogen) atoms. The first-order valence-electron chi connectivity index (χ1n) is 8.99. The normalized spacial score (nSPS) is 24.0. The van der Waals surface area contributed by atoms with Crippen LogP contribution >= 0.6 is 0 Å². The van der Waals surface area contributed by atoms with Crippen LogP contribution in [0.2, 0.25) is 0 Å². The fourth-order valence-electron chi connectivity index (χ4n) is 3.76. The number of aryl methyl sites for hydroxylation is 2. The Morgan fingerprint density at radius 1 is 1.19 bits per heavy atom. The maximum Gasteiger partial charge on any atom is 0.00697 e. The molecule has 0 aromatic heterocycles. The van der Waals surface area contributed by atoms with Crippen molar-refractivity contribution < 1.29 is 0 Å². The van der Waals surface area contributed by atoms with Crippen molar-refractivity contribution >= 4 is 0 Å². The highest BCUT2D eigenvalue weighted by Gasteiger charge is 2.21. The van der Waals surface area contributed by atoms with E-state index < -0.39 is 0 Å². The number of benzene rings is 1. The van der Waals surface area contributed by atoms with Crippen LogP contribution in [0.15, 0.2) is 24.3 Å². The molecule has 2 rings (SSSR count). The first-order valence-corrected chi connectivity index (χ1v) is 8.99. The molecular formula is C20H33N. The lowest BCUT2D eigenvalue weighted by Crippen LogP contribution is -2.39. The molecule has 0 spiro atoms. The third-order valence-electron chi connectivity index (χ3n) is 5.01. The molecular weight excluding hydrogens is 254 g/mol. The lowest BCUT2D eigenvalue weighted by molar-refractivity contribution is 0.263. The zero-order valence-electron chi connectivity index (χ0n) is 14.2. The van der Waals surface area contributed by atoms with Gasteiger partial charge in [0.15, 0.2) is 0 Å². The molecule has 118 valence electrons. The predicted octanol–water partition coefficient (Wildman–Crippen LogP) is 5.26. The van der Waals surface area contributed by atoms with Gasteiger partial charge in [0.05, 0.1) is 0 Å². The summed E-state index contributed by atoms with van der Waals surface area (Å²) in [7, 11) is 0. The fourth-order valence-corrected chi connectivity index (χ4v) is 3.76. The van der Waals surface area contributed by atoms with E-state index in [9.17, 15) is 0 Å². The van der Waals surface area contributed by atoms with Gasteiger partial charge in [-0.05, 0) is 63.9 Å². The maximum absolute atomic E-state index is 3.87. The highest BCUT2D eigenvalue weighted by molar-refractivity contribution is 5.22. The van der Waals surface area contributed by atoms with E-state index in [1.165, 1.54) is 62.5 Å². The molecule has 1 aromatic rings. The Morgan fingerprint density at radius 3 is 2.62 bits per heavy atom. The molecule has 1 fully saturated rings. The van der Waals surface area contributed by atoms with Gasteiger partial charge in [-0.25, -0.2) is 0 Å². The monoisotopic (exact) mass is 287 g/mol. The molecule has 0 aliphatic heterocycles. The van der Waals surface area contributed by atoms with Crippen LogP contribution in [-0.2, 0) is 6.42 Å². The molecule has 1 saturated carbocycles.